The molecule has 3 heterocycles. The monoisotopic (exact) mass is 407 g/mol. The molecule has 4 rings (SSSR count). The van der Waals surface area contributed by atoms with E-state index < -0.39 is 0 Å². The number of ether oxygens (including phenoxy) is 1. The molecule has 8 nitrogen and oxygen atoms in total. The average molecular weight is 407 g/mol. The Balaban J connectivity index is 1.55. The van der Waals surface area contributed by atoms with E-state index in [4.69, 9.17) is 14.9 Å². The number of nitrogens with zero attached hydrogens (tertiary/aromatic N) is 4. The lowest BCUT2D eigenvalue weighted by Crippen LogP contribution is -2.39. The molecule has 1 saturated heterocycles. The SMILES string of the molecule is COc1cccc(Cc2cnc([C@@H]3CCCCN3C(=O)c3cc(C)nc(N)n3)o2)c1. The van der Waals surface area contributed by atoms with Crippen molar-refractivity contribution in [2.75, 3.05) is 19.4 Å². The molecule has 30 heavy (non-hydrogen) atoms. The molecule has 3 aromatic rings. The second-order valence-electron chi connectivity index (χ2n) is 7.46. The van der Waals surface area contributed by atoms with Gasteiger partial charge in [0.05, 0.1) is 13.3 Å². The minimum Gasteiger partial charge on any atom is -0.497 e. The van der Waals surface area contributed by atoms with Crippen LogP contribution < -0.4 is 10.5 Å². The number of carbonyl (C=O) groups is 1. The van der Waals surface area contributed by atoms with Crippen molar-refractivity contribution in [2.45, 2.75) is 38.6 Å². The zero-order chi connectivity index (χ0) is 21.1. The van der Waals surface area contributed by atoms with Crippen LogP contribution in [0.1, 0.15) is 58.7 Å². The largest absolute Gasteiger partial charge is 0.497 e. The number of carbonyl (C=O) groups excluding carboxylic acids is 1. The number of rotatable bonds is 5. The molecule has 0 radical (unpaired) electrons. The molecule has 1 aliphatic rings. The van der Waals surface area contributed by atoms with E-state index in [0.29, 0.717) is 30.2 Å². The van der Waals surface area contributed by atoms with E-state index >= 15 is 0 Å². The van der Waals surface area contributed by atoms with E-state index in [2.05, 4.69) is 15.0 Å². The zero-order valence-corrected chi connectivity index (χ0v) is 17.2. The van der Waals surface area contributed by atoms with Crippen LogP contribution in [0, 0.1) is 6.92 Å². The number of aromatic nitrogens is 3. The molecule has 1 fully saturated rings. The maximum atomic E-state index is 13.2. The minimum absolute atomic E-state index is 0.101. The zero-order valence-electron chi connectivity index (χ0n) is 17.2. The summed E-state index contributed by atoms with van der Waals surface area (Å²) in [6, 6.07) is 9.28. The summed E-state index contributed by atoms with van der Waals surface area (Å²) in [6.45, 7) is 2.42. The quantitative estimate of drug-likeness (QED) is 0.691. The Labute approximate surface area is 175 Å². The summed E-state index contributed by atoms with van der Waals surface area (Å²) in [5.74, 6) is 2.03. The molecule has 0 bridgehead atoms. The number of hydrogen-bond donors (Lipinski definition) is 1. The third-order valence-corrected chi connectivity index (χ3v) is 5.22. The molecule has 0 unspecified atom stereocenters. The molecule has 1 aromatic carbocycles. The minimum atomic E-state index is -0.221. The lowest BCUT2D eigenvalue weighted by molar-refractivity contribution is 0.0564. The first-order valence-electron chi connectivity index (χ1n) is 10.0. The fourth-order valence-corrected chi connectivity index (χ4v) is 3.82. The first-order valence-corrected chi connectivity index (χ1v) is 10.0. The Morgan fingerprint density at radius 1 is 1.30 bits per heavy atom. The third-order valence-electron chi connectivity index (χ3n) is 5.22. The van der Waals surface area contributed by atoms with Crippen molar-refractivity contribution in [3.8, 4) is 5.75 Å². The Morgan fingerprint density at radius 3 is 2.97 bits per heavy atom. The molecule has 8 heteroatoms. The van der Waals surface area contributed by atoms with E-state index in [1.165, 1.54) is 0 Å². The highest BCUT2D eigenvalue weighted by molar-refractivity contribution is 5.93. The fraction of sp³-hybridized carbons (Fsp3) is 0.364. The fourth-order valence-electron chi connectivity index (χ4n) is 3.82. The predicted octanol–water partition coefficient (Wildman–Crippen LogP) is 3.32. The van der Waals surface area contributed by atoms with Gasteiger partial charge in [-0.2, -0.15) is 0 Å². The van der Waals surface area contributed by atoms with Crippen LogP contribution in [0.2, 0.25) is 0 Å². The molecular weight excluding hydrogens is 382 g/mol. The summed E-state index contributed by atoms with van der Waals surface area (Å²) in [5.41, 5.74) is 7.77. The molecule has 1 atom stereocenters. The van der Waals surface area contributed by atoms with E-state index in [0.717, 1.165) is 36.3 Å². The number of nitrogens with two attached hydrogens (primary N) is 1. The lowest BCUT2D eigenvalue weighted by Gasteiger charge is -2.33. The molecule has 2 aromatic heterocycles. The van der Waals surface area contributed by atoms with E-state index in [9.17, 15) is 4.79 Å². The van der Waals surface area contributed by atoms with Gasteiger partial charge in [0.1, 0.15) is 23.2 Å². The third kappa shape index (κ3) is 4.27. The Hall–Kier alpha value is -3.42. The maximum absolute atomic E-state index is 13.2. The van der Waals surface area contributed by atoms with Crippen LogP contribution in [0.3, 0.4) is 0 Å². The summed E-state index contributed by atoms with van der Waals surface area (Å²) >= 11 is 0. The van der Waals surface area contributed by atoms with Gasteiger partial charge in [0.15, 0.2) is 0 Å². The van der Waals surface area contributed by atoms with Gasteiger partial charge in [-0.05, 0) is 49.9 Å². The van der Waals surface area contributed by atoms with Crippen molar-refractivity contribution in [3.63, 3.8) is 0 Å². The van der Waals surface area contributed by atoms with Gasteiger partial charge in [-0.3, -0.25) is 4.79 Å². The van der Waals surface area contributed by atoms with Crippen molar-refractivity contribution in [1.82, 2.24) is 19.9 Å². The molecule has 0 saturated carbocycles. The number of amides is 1. The molecule has 2 N–H and O–H groups in total. The topological polar surface area (TPSA) is 107 Å². The second-order valence-corrected chi connectivity index (χ2v) is 7.46. The Kier molecular flexibility index (Phi) is 5.65. The molecule has 0 spiro atoms. The van der Waals surface area contributed by atoms with Crippen LogP contribution in [0.5, 0.6) is 5.75 Å². The van der Waals surface area contributed by atoms with Crippen molar-refractivity contribution in [2.24, 2.45) is 0 Å². The van der Waals surface area contributed by atoms with E-state index in [1.54, 1.807) is 31.2 Å². The molecule has 156 valence electrons. The molecule has 0 aliphatic carbocycles. The predicted molar refractivity (Wildman–Crippen MR) is 111 cm³/mol. The van der Waals surface area contributed by atoms with Gasteiger partial charge in [-0.25, -0.2) is 15.0 Å². The van der Waals surface area contributed by atoms with Crippen LogP contribution in [-0.4, -0.2) is 39.4 Å². The van der Waals surface area contributed by atoms with Gasteiger partial charge < -0.3 is 19.8 Å². The molecular formula is C22H25N5O3. The first kappa shape index (κ1) is 19.9. The van der Waals surface area contributed by atoms with Gasteiger partial charge in [-0.15, -0.1) is 0 Å². The number of benzene rings is 1. The van der Waals surface area contributed by atoms with Crippen LogP contribution in [0.15, 0.2) is 40.9 Å². The van der Waals surface area contributed by atoms with Crippen molar-refractivity contribution in [1.29, 1.82) is 0 Å². The summed E-state index contributed by atoms with van der Waals surface area (Å²) in [6.07, 6.45) is 5.07. The highest BCUT2D eigenvalue weighted by atomic mass is 16.5. The number of aryl methyl sites for hydroxylation is 1. The smallest absolute Gasteiger partial charge is 0.273 e. The van der Waals surface area contributed by atoms with Crippen LogP contribution >= 0.6 is 0 Å². The van der Waals surface area contributed by atoms with Crippen LogP contribution in [0.25, 0.3) is 0 Å². The summed E-state index contributed by atoms with van der Waals surface area (Å²) < 4.78 is 11.3. The normalized spacial score (nSPS) is 16.5. The second kappa shape index (κ2) is 8.52. The highest BCUT2D eigenvalue weighted by Crippen LogP contribution is 2.32. The number of piperidine rings is 1. The molecule has 1 aliphatic heterocycles. The average Bonchev–Trinajstić information content (AvgIpc) is 3.21. The number of methoxy groups -OCH3 is 1. The van der Waals surface area contributed by atoms with Crippen LogP contribution in [-0.2, 0) is 6.42 Å². The van der Waals surface area contributed by atoms with Gasteiger partial charge in [-0.1, -0.05) is 12.1 Å². The lowest BCUT2D eigenvalue weighted by atomic mass is 10.0. The van der Waals surface area contributed by atoms with Crippen molar-refractivity contribution < 1.29 is 13.9 Å². The number of likely N-dealkylation sites (tertiary alicyclic amines) is 1. The van der Waals surface area contributed by atoms with E-state index in [-0.39, 0.29) is 17.9 Å². The highest BCUT2D eigenvalue weighted by Gasteiger charge is 2.32. The summed E-state index contributed by atoms with van der Waals surface area (Å²) in [5, 5.41) is 0. The van der Waals surface area contributed by atoms with Crippen molar-refractivity contribution in [3.05, 3.63) is 65.1 Å². The number of oxazole rings is 1. The summed E-state index contributed by atoms with van der Waals surface area (Å²) in [4.78, 5) is 27.6. The Morgan fingerprint density at radius 2 is 2.17 bits per heavy atom. The van der Waals surface area contributed by atoms with E-state index in [1.807, 2.05) is 24.3 Å². The van der Waals surface area contributed by atoms with Gasteiger partial charge in [0.25, 0.3) is 5.91 Å². The summed E-state index contributed by atoms with van der Waals surface area (Å²) in [7, 11) is 1.65. The van der Waals surface area contributed by atoms with Crippen molar-refractivity contribution >= 4 is 11.9 Å². The standard InChI is InChI=1S/C22H25N5O3/c1-14-10-18(26-22(23)25-14)21(28)27-9-4-3-8-19(27)20-24-13-17(30-20)12-15-6-5-7-16(11-15)29-2/h5-7,10-11,13,19H,3-4,8-9,12H2,1-2H3,(H2,23,25,26)/t19-/m0/s1. The van der Waals surface area contributed by atoms with Crippen LogP contribution in [0.4, 0.5) is 5.95 Å². The van der Waals surface area contributed by atoms with Gasteiger partial charge in [0, 0.05) is 18.7 Å². The number of anilines is 1. The van der Waals surface area contributed by atoms with Gasteiger partial charge >= 0.3 is 0 Å². The number of hydrogen-bond acceptors (Lipinski definition) is 7. The first-order chi connectivity index (χ1) is 14.5. The number of nitrogen functional groups attached to an aromatic ring is 1. The Bertz CT molecular complexity index is 1030. The maximum Gasteiger partial charge on any atom is 0.273 e. The molecule has 1 amide bonds. The van der Waals surface area contributed by atoms with Gasteiger partial charge in [0.2, 0.25) is 11.8 Å².